The largest absolute Gasteiger partial charge is 0.234 e. The first-order valence-electron chi connectivity index (χ1n) is 3.71. The van der Waals surface area contributed by atoms with Gasteiger partial charge in [0.2, 0.25) is 6.08 Å². The molecule has 0 unspecified atom stereocenters. The Labute approximate surface area is 80.1 Å². The zero-order chi connectivity index (χ0) is 9.68. The third kappa shape index (κ3) is 3.36. The molecule has 13 heavy (non-hydrogen) atoms. The van der Waals surface area contributed by atoms with Gasteiger partial charge in [0.15, 0.2) is 0 Å². The Bertz CT molecular complexity index is 327. The molecule has 0 bridgehead atoms. The van der Waals surface area contributed by atoms with Crippen molar-refractivity contribution in [1.29, 1.82) is 0 Å². The Morgan fingerprint density at radius 3 is 2.85 bits per heavy atom. The summed E-state index contributed by atoms with van der Waals surface area (Å²) in [6.45, 7) is 0.309. The van der Waals surface area contributed by atoms with E-state index in [2.05, 4.69) is 4.99 Å². The van der Waals surface area contributed by atoms with Gasteiger partial charge in [-0.05, 0) is 30.2 Å². The van der Waals surface area contributed by atoms with Crippen molar-refractivity contribution in [2.75, 3.05) is 6.54 Å². The lowest BCUT2D eigenvalue weighted by Gasteiger charge is -1.98. The standard InChI is InChI=1S/C9H7ClFNO/c10-8-3-7(1-2-12-6-13)4-9(11)5-8/h3-5H,1-2H2. The van der Waals surface area contributed by atoms with E-state index in [1.54, 1.807) is 6.07 Å². The Morgan fingerprint density at radius 2 is 2.23 bits per heavy atom. The Balaban J connectivity index is 2.71. The third-order valence-corrected chi connectivity index (χ3v) is 1.72. The second kappa shape index (κ2) is 4.75. The maximum atomic E-state index is 12.7. The Hall–Kier alpha value is -1.18. The van der Waals surface area contributed by atoms with Crippen LogP contribution in [0, 0.1) is 5.82 Å². The molecular formula is C9H7ClFNO. The van der Waals surface area contributed by atoms with Crippen molar-refractivity contribution in [3.8, 4) is 0 Å². The van der Waals surface area contributed by atoms with Crippen molar-refractivity contribution >= 4 is 17.7 Å². The molecule has 0 radical (unpaired) electrons. The van der Waals surface area contributed by atoms with Crippen molar-refractivity contribution in [2.24, 2.45) is 4.99 Å². The number of hydrogen-bond donors (Lipinski definition) is 0. The molecule has 0 N–H and O–H groups in total. The van der Waals surface area contributed by atoms with Gasteiger partial charge < -0.3 is 0 Å². The second-order valence-electron chi connectivity index (χ2n) is 2.50. The minimum absolute atomic E-state index is 0.309. The van der Waals surface area contributed by atoms with Crippen molar-refractivity contribution in [3.05, 3.63) is 34.6 Å². The summed E-state index contributed by atoms with van der Waals surface area (Å²) in [4.78, 5) is 13.1. The van der Waals surface area contributed by atoms with Gasteiger partial charge in [-0.15, -0.1) is 0 Å². The van der Waals surface area contributed by atoms with Crippen LogP contribution < -0.4 is 0 Å². The highest BCUT2D eigenvalue weighted by Crippen LogP contribution is 2.14. The third-order valence-electron chi connectivity index (χ3n) is 1.50. The summed E-state index contributed by atoms with van der Waals surface area (Å²) in [5.74, 6) is -0.377. The number of isocyanates is 1. The first kappa shape index (κ1) is 9.90. The first-order valence-corrected chi connectivity index (χ1v) is 4.09. The van der Waals surface area contributed by atoms with Gasteiger partial charge in [0.05, 0.1) is 6.54 Å². The van der Waals surface area contributed by atoms with Crippen molar-refractivity contribution < 1.29 is 9.18 Å². The summed E-state index contributed by atoms with van der Waals surface area (Å²) in [7, 11) is 0. The molecule has 0 spiro atoms. The van der Waals surface area contributed by atoms with Gasteiger partial charge in [-0.25, -0.2) is 14.2 Å². The molecule has 0 aromatic heterocycles. The normalized spacial score (nSPS) is 9.38. The minimum atomic E-state index is -0.377. The van der Waals surface area contributed by atoms with E-state index in [4.69, 9.17) is 11.6 Å². The van der Waals surface area contributed by atoms with Crippen LogP contribution in [0.4, 0.5) is 4.39 Å². The fourth-order valence-electron chi connectivity index (χ4n) is 0.986. The molecule has 0 saturated heterocycles. The van der Waals surface area contributed by atoms with E-state index in [-0.39, 0.29) is 5.82 Å². The SMILES string of the molecule is O=C=NCCc1cc(F)cc(Cl)c1. The number of benzene rings is 1. The molecule has 0 fully saturated rings. The predicted molar refractivity (Wildman–Crippen MR) is 48.1 cm³/mol. The zero-order valence-corrected chi connectivity index (χ0v) is 7.51. The van der Waals surface area contributed by atoms with Crippen LogP contribution in [-0.2, 0) is 11.2 Å². The lowest BCUT2D eigenvalue weighted by atomic mass is 10.1. The van der Waals surface area contributed by atoms with E-state index >= 15 is 0 Å². The first-order chi connectivity index (χ1) is 6.22. The summed E-state index contributed by atoms with van der Waals surface area (Å²) in [5, 5.41) is 0.352. The lowest BCUT2D eigenvalue weighted by Crippen LogP contribution is -1.90. The van der Waals surface area contributed by atoms with Crippen LogP contribution in [0.3, 0.4) is 0 Å². The molecule has 0 amide bonds. The van der Waals surface area contributed by atoms with Gasteiger partial charge in [-0.1, -0.05) is 11.6 Å². The van der Waals surface area contributed by atoms with Crippen LogP contribution in [0.25, 0.3) is 0 Å². The summed E-state index contributed by atoms with van der Waals surface area (Å²) in [5.41, 5.74) is 0.726. The topological polar surface area (TPSA) is 29.4 Å². The van der Waals surface area contributed by atoms with Crippen molar-refractivity contribution in [3.63, 3.8) is 0 Å². The maximum absolute atomic E-state index is 12.7. The van der Waals surface area contributed by atoms with E-state index < -0.39 is 0 Å². The molecule has 0 atom stereocenters. The van der Waals surface area contributed by atoms with Gasteiger partial charge >= 0.3 is 0 Å². The van der Waals surface area contributed by atoms with Crippen LogP contribution in [0.2, 0.25) is 5.02 Å². The Morgan fingerprint density at radius 1 is 1.46 bits per heavy atom. The predicted octanol–water partition coefficient (Wildman–Crippen LogP) is 2.36. The molecule has 68 valence electrons. The van der Waals surface area contributed by atoms with Gasteiger partial charge in [0, 0.05) is 5.02 Å². The van der Waals surface area contributed by atoms with Crippen molar-refractivity contribution in [1.82, 2.24) is 0 Å². The van der Waals surface area contributed by atoms with E-state index in [1.807, 2.05) is 0 Å². The van der Waals surface area contributed by atoms with Gasteiger partial charge in [-0.3, -0.25) is 0 Å². The Kier molecular flexibility index (Phi) is 3.62. The molecule has 1 aromatic rings. The lowest BCUT2D eigenvalue weighted by molar-refractivity contribution is 0.563. The van der Waals surface area contributed by atoms with Crippen LogP contribution in [0.15, 0.2) is 23.2 Å². The highest BCUT2D eigenvalue weighted by Gasteiger charge is 1.98. The minimum Gasteiger partial charge on any atom is -0.211 e. The summed E-state index contributed by atoms with van der Waals surface area (Å²) < 4.78 is 12.7. The zero-order valence-electron chi connectivity index (χ0n) is 6.76. The summed E-state index contributed by atoms with van der Waals surface area (Å²) in [6.07, 6.45) is 1.91. The molecule has 0 aliphatic rings. The molecule has 0 heterocycles. The number of nitrogens with zero attached hydrogens (tertiary/aromatic N) is 1. The van der Waals surface area contributed by atoms with Crippen molar-refractivity contribution in [2.45, 2.75) is 6.42 Å². The highest BCUT2D eigenvalue weighted by atomic mass is 35.5. The average molecular weight is 200 g/mol. The van der Waals surface area contributed by atoms with Crippen LogP contribution in [0.5, 0.6) is 0 Å². The molecule has 4 heteroatoms. The van der Waals surface area contributed by atoms with E-state index in [0.717, 1.165) is 5.56 Å². The summed E-state index contributed by atoms with van der Waals surface area (Å²) >= 11 is 5.61. The monoisotopic (exact) mass is 199 g/mol. The number of halogens is 2. The number of aliphatic imine (C=N–C) groups is 1. The van der Waals surface area contributed by atoms with Crippen LogP contribution >= 0.6 is 11.6 Å². The van der Waals surface area contributed by atoms with Crippen LogP contribution in [0.1, 0.15) is 5.56 Å². The molecule has 0 saturated carbocycles. The van der Waals surface area contributed by atoms with Gasteiger partial charge in [-0.2, -0.15) is 0 Å². The second-order valence-corrected chi connectivity index (χ2v) is 2.94. The molecule has 0 aliphatic heterocycles. The van der Waals surface area contributed by atoms with E-state index in [1.165, 1.54) is 18.2 Å². The molecular weight excluding hydrogens is 193 g/mol. The smallest absolute Gasteiger partial charge is 0.211 e. The molecule has 2 nitrogen and oxygen atoms in total. The highest BCUT2D eigenvalue weighted by molar-refractivity contribution is 6.30. The van der Waals surface area contributed by atoms with E-state index in [0.29, 0.717) is 18.0 Å². The van der Waals surface area contributed by atoms with E-state index in [9.17, 15) is 9.18 Å². The molecule has 1 rings (SSSR count). The molecule has 0 aliphatic carbocycles. The number of carbonyl (C=O) groups excluding carboxylic acids is 1. The average Bonchev–Trinajstić information content (AvgIpc) is 2.03. The maximum Gasteiger partial charge on any atom is 0.234 e. The quantitative estimate of drug-likeness (QED) is 0.543. The van der Waals surface area contributed by atoms with Gasteiger partial charge in [0.25, 0.3) is 0 Å². The fourth-order valence-corrected chi connectivity index (χ4v) is 1.23. The number of rotatable bonds is 3. The van der Waals surface area contributed by atoms with Gasteiger partial charge in [0.1, 0.15) is 5.82 Å². The van der Waals surface area contributed by atoms with Crippen LogP contribution in [-0.4, -0.2) is 12.6 Å². The number of hydrogen-bond acceptors (Lipinski definition) is 2. The molecule has 1 aromatic carbocycles. The fraction of sp³-hybridized carbons (Fsp3) is 0.222. The summed E-state index contributed by atoms with van der Waals surface area (Å²) in [6, 6.07) is 4.24.